The number of hydrogen-bond acceptors (Lipinski definition) is 4. The molecule has 0 atom stereocenters. The third-order valence-electron chi connectivity index (χ3n) is 2.71. The Balaban J connectivity index is 1.93. The van der Waals surface area contributed by atoms with Crippen LogP contribution < -0.4 is 10.2 Å². The molecule has 17 heavy (non-hydrogen) atoms. The lowest BCUT2D eigenvalue weighted by molar-refractivity contribution is -0.384. The summed E-state index contributed by atoms with van der Waals surface area (Å²) in [4.78, 5) is 22.9. The normalized spacial score (nSPS) is 15.2. The highest BCUT2D eigenvalue weighted by molar-refractivity contribution is 5.73. The molecule has 0 aromatic heterocycles. The summed E-state index contributed by atoms with van der Waals surface area (Å²) in [5.41, 5.74) is 1.03. The molecule has 1 N–H and O–H groups in total. The smallest absolute Gasteiger partial charge is 0.269 e. The fourth-order valence-corrected chi connectivity index (χ4v) is 1.85. The molecule has 1 aliphatic heterocycles. The molecule has 1 heterocycles. The number of non-ortho nitro benzene ring substituents is 1. The van der Waals surface area contributed by atoms with Crippen LogP contribution in [0.25, 0.3) is 0 Å². The molecule has 1 fully saturated rings. The maximum atomic E-state index is 10.8. The van der Waals surface area contributed by atoms with E-state index in [1.54, 1.807) is 12.1 Å². The van der Waals surface area contributed by atoms with Crippen LogP contribution in [0.5, 0.6) is 0 Å². The number of benzene rings is 1. The number of amides is 1. The second-order valence-corrected chi connectivity index (χ2v) is 4.08. The van der Waals surface area contributed by atoms with Crippen molar-refractivity contribution < 1.29 is 9.72 Å². The SMILES string of the molecule is CC(=O)NC1CN(c2ccc([N+](=O)[O-])cc2)C1. The third-order valence-corrected chi connectivity index (χ3v) is 2.71. The number of nitrogens with one attached hydrogen (secondary N) is 1. The van der Waals surface area contributed by atoms with Crippen LogP contribution in [0, 0.1) is 10.1 Å². The van der Waals surface area contributed by atoms with Crippen molar-refractivity contribution in [2.45, 2.75) is 13.0 Å². The van der Waals surface area contributed by atoms with Gasteiger partial charge in [-0.05, 0) is 12.1 Å². The Kier molecular flexibility index (Phi) is 2.95. The van der Waals surface area contributed by atoms with Crippen LogP contribution >= 0.6 is 0 Å². The molecule has 0 bridgehead atoms. The van der Waals surface area contributed by atoms with Gasteiger partial charge in [-0.3, -0.25) is 14.9 Å². The van der Waals surface area contributed by atoms with Gasteiger partial charge in [0.25, 0.3) is 5.69 Å². The number of hydrogen-bond donors (Lipinski definition) is 1. The number of anilines is 1. The molecule has 6 nitrogen and oxygen atoms in total. The molecule has 0 radical (unpaired) electrons. The van der Waals surface area contributed by atoms with Gasteiger partial charge in [0.2, 0.25) is 5.91 Å². The summed E-state index contributed by atoms with van der Waals surface area (Å²) in [6, 6.07) is 6.61. The van der Waals surface area contributed by atoms with E-state index in [1.807, 2.05) is 0 Å². The molecule has 1 amide bonds. The first kappa shape index (κ1) is 11.4. The van der Waals surface area contributed by atoms with Crippen molar-refractivity contribution in [1.29, 1.82) is 0 Å². The standard InChI is InChI=1S/C11H13N3O3/c1-8(15)12-9-6-13(7-9)10-2-4-11(5-3-10)14(16)17/h2-5,9H,6-7H2,1H3,(H,12,15). The van der Waals surface area contributed by atoms with Crippen LogP contribution in [0.3, 0.4) is 0 Å². The lowest BCUT2D eigenvalue weighted by atomic mass is 10.1. The van der Waals surface area contributed by atoms with Crippen LogP contribution in [0.15, 0.2) is 24.3 Å². The summed E-state index contributed by atoms with van der Waals surface area (Å²) in [5.74, 6) is -0.0293. The minimum atomic E-state index is -0.417. The summed E-state index contributed by atoms with van der Waals surface area (Å²) in [6.07, 6.45) is 0. The van der Waals surface area contributed by atoms with Gasteiger partial charge in [-0.2, -0.15) is 0 Å². The summed E-state index contributed by atoms with van der Waals surface area (Å²) in [7, 11) is 0. The highest BCUT2D eigenvalue weighted by Crippen LogP contribution is 2.23. The molecule has 6 heteroatoms. The Morgan fingerprint density at radius 1 is 1.41 bits per heavy atom. The zero-order valence-electron chi connectivity index (χ0n) is 9.42. The molecule has 0 unspecified atom stereocenters. The zero-order valence-corrected chi connectivity index (χ0v) is 9.42. The van der Waals surface area contributed by atoms with Crippen molar-refractivity contribution in [2.24, 2.45) is 0 Å². The molecule has 0 aliphatic carbocycles. The molecule has 1 aromatic carbocycles. The van der Waals surface area contributed by atoms with Gasteiger partial charge in [0.05, 0.1) is 11.0 Å². The van der Waals surface area contributed by atoms with E-state index in [9.17, 15) is 14.9 Å². The maximum absolute atomic E-state index is 10.8. The topological polar surface area (TPSA) is 75.5 Å². The van der Waals surface area contributed by atoms with Crippen LogP contribution in [-0.2, 0) is 4.79 Å². The van der Waals surface area contributed by atoms with Crippen molar-refractivity contribution in [2.75, 3.05) is 18.0 Å². The van der Waals surface area contributed by atoms with Gasteiger partial charge in [-0.15, -0.1) is 0 Å². The van der Waals surface area contributed by atoms with Gasteiger partial charge >= 0.3 is 0 Å². The van der Waals surface area contributed by atoms with Gasteiger partial charge in [-0.25, -0.2) is 0 Å². The van der Waals surface area contributed by atoms with Crippen LogP contribution in [-0.4, -0.2) is 30.0 Å². The second kappa shape index (κ2) is 4.40. The van der Waals surface area contributed by atoms with Crippen LogP contribution in [0.1, 0.15) is 6.92 Å². The van der Waals surface area contributed by atoms with E-state index >= 15 is 0 Å². The lowest BCUT2D eigenvalue weighted by Crippen LogP contribution is -2.59. The monoisotopic (exact) mass is 235 g/mol. The fraction of sp³-hybridized carbons (Fsp3) is 0.364. The van der Waals surface area contributed by atoms with Crippen LogP contribution in [0.2, 0.25) is 0 Å². The zero-order chi connectivity index (χ0) is 12.4. The largest absolute Gasteiger partial charge is 0.367 e. The highest BCUT2D eigenvalue weighted by atomic mass is 16.6. The van der Waals surface area contributed by atoms with Gasteiger partial charge in [0.15, 0.2) is 0 Å². The number of carbonyl (C=O) groups excluding carboxylic acids is 1. The molecule has 0 saturated carbocycles. The predicted octanol–water partition coefficient (Wildman–Crippen LogP) is 0.919. The van der Waals surface area contributed by atoms with Gasteiger partial charge < -0.3 is 10.2 Å². The Hall–Kier alpha value is -2.11. The summed E-state index contributed by atoms with van der Waals surface area (Å²) >= 11 is 0. The Labute approximate surface area is 98.4 Å². The molecule has 2 rings (SSSR count). The van der Waals surface area contributed by atoms with Crippen LogP contribution in [0.4, 0.5) is 11.4 Å². The Morgan fingerprint density at radius 2 is 2.00 bits per heavy atom. The average molecular weight is 235 g/mol. The number of carbonyl (C=O) groups is 1. The quantitative estimate of drug-likeness (QED) is 0.624. The predicted molar refractivity (Wildman–Crippen MR) is 62.9 cm³/mol. The molecule has 1 aliphatic rings. The molecular formula is C11H13N3O3. The first-order valence-electron chi connectivity index (χ1n) is 5.33. The number of nitrogens with zero attached hydrogens (tertiary/aromatic N) is 2. The first-order valence-corrected chi connectivity index (χ1v) is 5.33. The van der Waals surface area contributed by atoms with E-state index in [1.165, 1.54) is 19.1 Å². The van der Waals surface area contributed by atoms with E-state index in [4.69, 9.17) is 0 Å². The van der Waals surface area contributed by atoms with Crippen molar-refractivity contribution >= 4 is 17.3 Å². The lowest BCUT2D eigenvalue weighted by Gasteiger charge is -2.41. The Bertz CT molecular complexity index is 438. The van der Waals surface area contributed by atoms with Gasteiger partial charge in [0.1, 0.15) is 0 Å². The van der Waals surface area contributed by atoms with Crippen molar-refractivity contribution in [3.05, 3.63) is 34.4 Å². The van der Waals surface area contributed by atoms with Crippen molar-refractivity contribution in [3.63, 3.8) is 0 Å². The van der Waals surface area contributed by atoms with Gasteiger partial charge in [-0.1, -0.05) is 0 Å². The molecule has 90 valence electrons. The summed E-state index contributed by atoms with van der Waals surface area (Å²) in [6.45, 7) is 2.99. The van der Waals surface area contributed by atoms with E-state index in [2.05, 4.69) is 10.2 Å². The first-order chi connectivity index (χ1) is 8.06. The van der Waals surface area contributed by atoms with Crippen molar-refractivity contribution in [3.8, 4) is 0 Å². The molecule has 0 spiro atoms. The molecular weight excluding hydrogens is 222 g/mol. The van der Waals surface area contributed by atoms with Gasteiger partial charge in [0, 0.05) is 37.8 Å². The average Bonchev–Trinajstić information content (AvgIpc) is 2.23. The highest BCUT2D eigenvalue weighted by Gasteiger charge is 2.27. The third kappa shape index (κ3) is 2.52. The minimum absolute atomic E-state index is 0.0293. The second-order valence-electron chi connectivity index (χ2n) is 4.08. The molecule has 1 aromatic rings. The number of nitro benzene ring substituents is 1. The summed E-state index contributed by atoms with van der Waals surface area (Å²) < 4.78 is 0. The maximum Gasteiger partial charge on any atom is 0.269 e. The molecule has 1 saturated heterocycles. The van der Waals surface area contributed by atoms with Crippen molar-refractivity contribution in [1.82, 2.24) is 5.32 Å². The number of nitro groups is 1. The van der Waals surface area contributed by atoms with E-state index in [-0.39, 0.29) is 17.6 Å². The minimum Gasteiger partial charge on any atom is -0.367 e. The Morgan fingerprint density at radius 3 is 2.47 bits per heavy atom. The number of rotatable bonds is 3. The van der Waals surface area contributed by atoms with E-state index in [0.29, 0.717) is 0 Å². The fourth-order valence-electron chi connectivity index (χ4n) is 1.85. The van der Waals surface area contributed by atoms with E-state index < -0.39 is 4.92 Å². The summed E-state index contributed by atoms with van der Waals surface area (Å²) in [5, 5.41) is 13.3. The van der Waals surface area contributed by atoms with E-state index in [0.717, 1.165) is 18.8 Å².